The number of rotatable bonds is 10. The number of ether oxygens (including phenoxy) is 2. The highest BCUT2D eigenvalue weighted by Crippen LogP contribution is 2.43. The van der Waals surface area contributed by atoms with E-state index in [4.69, 9.17) is 9.47 Å². The van der Waals surface area contributed by atoms with Gasteiger partial charge in [-0.2, -0.15) is 4.39 Å². The average molecular weight is 565 g/mol. The Bertz CT molecular complexity index is 1100. The molecule has 224 valence electrons. The fraction of sp³-hybridized carbons (Fsp3) is 0.622. The Labute approximate surface area is 246 Å². The predicted molar refractivity (Wildman–Crippen MR) is 164 cm³/mol. The summed E-state index contributed by atoms with van der Waals surface area (Å²) in [6.45, 7) is 5.41. The van der Waals surface area contributed by atoms with Gasteiger partial charge >= 0.3 is 0 Å². The lowest BCUT2D eigenvalue weighted by Crippen LogP contribution is -2.37. The van der Waals surface area contributed by atoms with Gasteiger partial charge in [-0.25, -0.2) is 4.39 Å². The summed E-state index contributed by atoms with van der Waals surface area (Å²) in [6, 6.07) is 11.2. The molecule has 2 nitrogen and oxygen atoms in total. The monoisotopic (exact) mass is 564 g/mol. The Kier molecular flexibility index (Phi) is 10.9. The van der Waals surface area contributed by atoms with Crippen molar-refractivity contribution in [3.63, 3.8) is 0 Å². The highest BCUT2D eigenvalue weighted by molar-refractivity contribution is 5.65. The van der Waals surface area contributed by atoms with Gasteiger partial charge in [-0.3, -0.25) is 0 Å². The molecule has 0 radical (unpaired) electrons. The van der Waals surface area contributed by atoms with Crippen LogP contribution >= 0.6 is 0 Å². The van der Waals surface area contributed by atoms with Crippen LogP contribution < -0.4 is 4.74 Å². The molecule has 3 aliphatic rings. The molecule has 0 amide bonds. The third kappa shape index (κ3) is 7.61. The zero-order valence-electron chi connectivity index (χ0n) is 25.3. The predicted octanol–water partition coefficient (Wildman–Crippen LogP) is 10.7. The molecule has 2 atom stereocenters. The maximum Gasteiger partial charge on any atom is 0.201 e. The molecule has 41 heavy (non-hydrogen) atoms. The van der Waals surface area contributed by atoms with Gasteiger partial charge in [0.15, 0.2) is 11.6 Å². The molecule has 1 heterocycles. The summed E-state index contributed by atoms with van der Waals surface area (Å²) in [5, 5.41) is 0. The Balaban J connectivity index is 1.06. The molecule has 1 saturated heterocycles. The van der Waals surface area contributed by atoms with Gasteiger partial charge in [0.25, 0.3) is 0 Å². The SMILES string of the molecule is C/C=C/CCC1CCC(C2CCC(C3CCC(c4ccc(-c5ccc(OCCC)c(F)c5F)cc4)CC3)OC2)CC1. The highest BCUT2D eigenvalue weighted by atomic mass is 19.2. The fourth-order valence-corrected chi connectivity index (χ4v) is 7.82. The van der Waals surface area contributed by atoms with Gasteiger partial charge in [0, 0.05) is 5.56 Å². The Morgan fingerprint density at radius 2 is 1.51 bits per heavy atom. The standard InChI is InChI=1S/C37H50F2O2/c1-3-5-6-7-26-8-10-29(11-9-26)32-20-22-34(41-25-32)31-18-14-28(15-19-31)27-12-16-30(17-13-27)33-21-23-35(40-24-4-2)37(39)36(33)38/h3,5,12-13,16-17,21,23,26,28-29,31-32,34H,4,6-11,14-15,18-20,22,24-25H2,1-2H3/b5-3+. The van der Waals surface area contributed by atoms with Gasteiger partial charge in [-0.1, -0.05) is 56.2 Å². The average Bonchev–Trinajstić information content (AvgIpc) is 3.03. The van der Waals surface area contributed by atoms with E-state index in [2.05, 4.69) is 31.2 Å². The first-order valence-electron chi connectivity index (χ1n) is 16.5. The van der Waals surface area contributed by atoms with Gasteiger partial charge in [0.2, 0.25) is 5.82 Å². The summed E-state index contributed by atoms with van der Waals surface area (Å²) in [6.07, 6.45) is 21.3. The number of hydrogen-bond donors (Lipinski definition) is 0. The van der Waals surface area contributed by atoms with E-state index in [0.29, 0.717) is 30.1 Å². The molecule has 5 rings (SSSR count). The second-order valence-electron chi connectivity index (χ2n) is 13.0. The van der Waals surface area contributed by atoms with Crippen LogP contribution in [0, 0.1) is 35.3 Å². The smallest absolute Gasteiger partial charge is 0.201 e. The summed E-state index contributed by atoms with van der Waals surface area (Å²) in [4.78, 5) is 0. The maximum absolute atomic E-state index is 14.8. The summed E-state index contributed by atoms with van der Waals surface area (Å²) in [5.41, 5.74) is 2.29. The Hall–Kier alpha value is -2.20. The fourth-order valence-electron chi connectivity index (χ4n) is 7.82. The van der Waals surface area contributed by atoms with Gasteiger partial charge < -0.3 is 9.47 Å². The highest BCUT2D eigenvalue weighted by Gasteiger charge is 2.35. The molecule has 3 fully saturated rings. The van der Waals surface area contributed by atoms with E-state index in [1.54, 1.807) is 6.07 Å². The van der Waals surface area contributed by atoms with Crippen molar-refractivity contribution in [1.82, 2.24) is 0 Å². The van der Waals surface area contributed by atoms with E-state index in [9.17, 15) is 8.78 Å². The van der Waals surface area contributed by atoms with Crippen LogP contribution in [-0.4, -0.2) is 19.3 Å². The summed E-state index contributed by atoms with van der Waals surface area (Å²) >= 11 is 0. The molecule has 0 aromatic heterocycles. The Morgan fingerprint density at radius 1 is 0.805 bits per heavy atom. The first kappa shape index (κ1) is 30.3. The van der Waals surface area contributed by atoms with E-state index in [1.807, 2.05) is 19.1 Å². The molecule has 0 N–H and O–H groups in total. The minimum absolute atomic E-state index is 0.0164. The van der Waals surface area contributed by atoms with Crippen molar-refractivity contribution in [1.29, 1.82) is 0 Å². The van der Waals surface area contributed by atoms with Crippen molar-refractivity contribution in [2.24, 2.45) is 23.7 Å². The van der Waals surface area contributed by atoms with Crippen LogP contribution in [0.2, 0.25) is 0 Å². The minimum Gasteiger partial charge on any atom is -0.490 e. The lowest BCUT2D eigenvalue weighted by molar-refractivity contribution is -0.0724. The molecule has 2 unspecified atom stereocenters. The molecule has 2 aromatic carbocycles. The molecular weight excluding hydrogens is 514 g/mol. The van der Waals surface area contributed by atoms with Crippen LogP contribution in [0.5, 0.6) is 5.75 Å². The van der Waals surface area contributed by atoms with Crippen LogP contribution in [0.4, 0.5) is 8.78 Å². The molecule has 4 heteroatoms. The zero-order chi connectivity index (χ0) is 28.6. The number of hydrogen-bond acceptors (Lipinski definition) is 2. The quantitative estimate of drug-likeness (QED) is 0.267. The summed E-state index contributed by atoms with van der Waals surface area (Å²) < 4.78 is 41.2. The summed E-state index contributed by atoms with van der Waals surface area (Å²) in [5.74, 6) is 2.04. The number of benzene rings is 2. The molecule has 2 saturated carbocycles. The minimum atomic E-state index is -0.905. The van der Waals surface area contributed by atoms with Crippen LogP contribution in [0.15, 0.2) is 48.6 Å². The zero-order valence-corrected chi connectivity index (χ0v) is 25.3. The molecular formula is C37H50F2O2. The number of halogens is 2. The van der Waals surface area contributed by atoms with Gasteiger partial charge in [0.05, 0.1) is 19.3 Å². The van der Waals surface area contributed by atoms with Crippen LogP contribution in [-0.2, 0) is 4.74 Å². The van der Waals surface area contributed by atoms with Crippen LogP contribution in [0.1, 0.15) is 109 Å². The Morgan fingerprint density at radius 3 is 2.17 bits per heavy atom. The molecule has 0 bridgehead atoms. The first-order chi connectivity index (χ1) is 20.1. The van der Waals surface area contributed by atoms with E-state index in [-0.39, 0.29) is 11.3 Å². The van der Waals surface area contributed by atoms with Gasteiger partial charge in [-0.15, -0.1) is 0 Å². The third-order valence-corrected chi connectivity index (χ3v) is 10.4. The lowest BCUT2D eigenvalue weighted by atomic mass is 9.71. The van der Waals surface area contributed by atoms with E-state index in [1.165, 1.54) is 88.7 Å². The molecule has 0 spiro atoms. The lowest BCUT2D eigenvalue weighted by Gasteiger charge is -2.41. The van der Waals surface area contributed by atoms with E-state index < -0.39 is 11.6 Å². The largest absolute Gasteiger partial charge is 0.490 e. The second-order valence-corrected chi connectivity index (χ2v) is 13.0. The summed E-state index contributed by atoms with van der Waals surface area (Å²) in [7, 11) is 0. The second kappa shape index (κ2) is 14.8. The van der Waals surface area contributed by atoms with E-state index >= 15 is 0 Å². The maximum atomic E-state index is 14.8. The van der Waals surface area contributed by atoms with Crippen LogP contribution in [0.3, 0.4) is 0 Å². The first-order valence-corrected chi connectivity index (χ1v) is 16.5. The van der Waals surface area contributed by atoms with Crippen molar-refractivity contribution in [2.75, 3.05) is 13.2 Å². The van der Waals surface area contributed by atoms with Crippen molar-refractivity contribution < 1.29 is 18.3 Å². The topological polar surface area (TPSA) is 18.5 Å². The van der Waals surface area contributed by atoms with Gasteiger partial charge in [0.1, 0.15) is 0 Å². The van der Waals surface area contributed by atoms with Crippen molar-refractivity contribution >= 4 is 0 Å². The van der Waals surface area contributed by atoms with Crippen LogP contribution in [0.25, 0.3) is 11.1 Å². The normalized spacial score (nSPS) is 29.1. The van der Waals surface area contributed by atoms with Gasteiger partial charge in [-0.05, 0) is 130 Å². The molecule has 2 aliphatic carbocycles. The van der Waals surface area contributed by atoms with Crippen molar-refractivity contribution in [3.8, 4) is 16.9 Å². The molecule has 2 aromatic rings. The van der Waals surface area contributed by atoms with Crippen molar-refractivity contribution in [2.45, 2.75) is 109 Å². The third-order valence-electron chi connectivity index (χ3n) is 10.4. The van der Waals surface area contributed by atoms with E-state index in [0.717, 1.165) is 30.8 Å². The molecule has 1 aliphatic heterocycles. The van der Waals surface area contributed by atoms with Crippen molar-refractivity contribution in [3.05, 3.63) is 65.7 Å². The number of allylic oxidation sites excluding steroid dienone is 2.